The molecule has 1 heterocycles. The third kappa shape index (κ3) is 1.79. The lowest BCUT2D eigenvalue weighted by Crippen LogP contribution is -2.48. The zero-order chi connectivity index (χ0) is 12.5. The predicted octanol–water partition coefficient (Wildman–Crippen LogP) is 2.01. The number of likely N-dealkylation sites (N-methyl/N-ethyl adjacent to an activating group) is 1. The third-order valence-electron chi connectivity index (χ3n) is 3.57. The lowest BCUT2D eigenvalue weighted by molar-refractivity contribution is 0.189. The van der Waals surface area contributed by atoms with E-state index in [1.807, 2.05) is 37.3 Å². The largest absolute Gasteiger partial charge is 0.323 e. The Morgan fingerprint density at radius 1 is 1.35 bits per heavy atom. The molecule has 2 rings (SSSR count). The van der Waals surface area contributed by atoms with E-state index in [0.717, 1.165) is 12.0 Å². The number of hydrogen-bond acceptors (Lipinski definition) is 2. The van der Waals surface area contributed by atoms with Crippen LogP contribution in [0.25, 0.3) is 0 Å². The van der Waals surface area contributed by atoms with Crippen molar-refractivity contribution in [1.29, 1.82) is 5.41 Å². The van der Waals surface area contributed by atoms with Crippen molar-refractivity contribution in [2.24, 2.45) is 0 Å². The summed E-state index contributed by atoms with van der Waals surface area (Å²) in [6, 6.07) is 9.80. The van der Waals surface area contributed by atoms with Gasteiger partial charge >= 0.3 is 6.03 Å². The van der Waals surface area contributed by atoms with Gasteiger partial charge in [0.25, 0.3) is 0 Å². The van der Waals surface area contributed by atoms with Crippen molar-refractivity contribution in [3.05, 3.63) is 35.9 Å². The number of benzene rings is 1. The monoisotopic (exact) mass is 231 g/mol. The average molecular weight is 231 g/mol. The number of nitrogens with zero attached hydrogens (tertiary/aromatic N) is 1. The molecule has 1 aromatic carbocycles. The molecule has 1 unspecified atom stereocenters. The van der Waals surface area contributed by atoms with Crippen LogP contribution < -0.4 is 5.32 Å². The summed E-state index contributed by atoms with van der Waals surface area (Å²) in [5.74, 6) is 0.302. The lowest BCUT2D eigenvalue weighted by atomic mass is 9.87. The van der Waals surface area contributed by atoms with E-state index in [1.165, 1.54) is 0 Å². The van der Waals surface area contributed by atoms with E-state index in [-0.39, 0.29) is 6.03 Å². The smallest absolute Gasteiger partial charge is 0.314 e. The molecule has 0 aromatic heterocycles. The van der Waals surface area contributed by atoms with E-state index in [4.69, 9.17) is 5.41 Å². The van der Waals surface area contributed by atoms with Crippen LogP contribution in [-0.2, 0) is 6.42 Å². The minimum atomic E-state index is -0.515. The number of hydrogen-bond donors (Lipinski definition) is 2. The van der Waals surface area contributed by atoms with Crippen LogP contribution >= 0.6 is 0 Å². The van der Waals surface area contributed by atoms with E-state index < -0.39 is 5.54 Å². The first-order valence-electron chi connectivity index (χ1n) is 5.78. The Labute approximate surface area is 101 Å². The number of carbonyl (C=O) groups excluding carboxylic acids is 1. The highest BCUT2D eigenvalue weighted by Gasteiger charge is 2.46. The van der Waals surface area contributed by atoms with Gasteiger partial charge in [0.15, 0.2) is 0 Å². The number of urea groups is 1. The van der Waals surface area contributed by atoms with Crippen LogP contribution in [0.1, 0.15) is 18.9 Å². The topological polar surface area (TPSA) is 56.2 Å². The Hall–Kier alpha value is -1.84. The summed E-state index contributed by atoms with van der Waals surface area (Å²) in [5, 5.41) is 10.6. The molecule has 4 heteroatoms. The molecule has 0 spiro atoms. The lowest BCUT2D eigenvalue weighted by Gasteiger charge is -2.33. The molecule has 1 saturated heterocycles. The molecule has 1 aliphatic heterocycles. The van der Waals surface area contributed by atoms with Crippen molar-refractivity contribution in [3.8, 4) is 0 Å². The van der Waals surface area contributed by atoms with Crippen LogP contribution in [0.15, 0.2) is 30.3 Å². The molecule has 0 saturated carbocycles. The van der Waals surface area contributed by atoms with E-state index in [2.05, 4.69) is 5.32 Å². The second-order valence-corrected chi connectivity index (χ2v) is 4.41. The Morgan fingerprint density at radius 2 is 2.00 bits per heavy atom. The summed E-state index contributed by atoms with van der Waals surface area (Å²) < 4.78 is 0. The molecule has 1 aliphatic rings. The molecule has 1 atom stereocenters. The highest BCUT2D eigenvalue weighted by molar-refractivity contribution is 6.08. The fraction of sp³-hybridized carbons (Fsp3) is 0.385. The zero-order valence-electron chi connectivity index (χ0n) is 10.2. The average Bonchev–Trinajstić information content (AvgIpc) is 2.55. The highest BCUT2D eigenvalue weighted by Crippen LogP contribution is 2.28. The van der Waals surface area contributed by atoms with Gasteiger partial charge in [-0.2, -0.15) is 0 Å². The van der Waals surface area contributed by atoms with Gasteiger partial charge < -0.3 is 4.90 Å². The van der Waals surface area contributed by atoms with Crippen molar-refractivity contribution in [1.82, 2.24) is 10.2 Å². The summed E-state index contributed by atoms with van der Waals surface area (Å²) in [5.41, 5.74) is 0.626. The van der Waals surface area contributed by atoms with Gasteiger partial charge in [-0.1, -0.05) is 37.3 Å². The number of amidine groups is 1. The van der Waals surface area contributed by atoms with Gasteiger partial charge in [-0.05, 0) is 12.0 Å². The summed E-state index contributed by atoms with van der Waals surface area (Å²) >= 11 is 0. The summed E-state index contributed by atoms with van der Waals surface area (Å²) in [6.07, 6.45) is 1.41. The van der Waals surface area contributed by atoms with Gasteiger partial charge in [-0.15, -0.1) is 0 Å². The fourth-order valence-corrected chi connectivity index (χ4v) is 2.35. The van der Waals surface area contributed by atoms with Gasteiger partial charge in [0, 0.05) is 13.5 Å². The Morgan fingerprint density at radius 3 is 2.47 bits per heavy atom. The van der Waals surface area contributed by atoms with E-state index in [9.17, 15) is 4.79 Å². The highest BCUT2D eigenvalue weighted by atomic mass is 16.2. The standard InChI is InChI=1S/C13H17N3O/c1-3-13(9-10-7-5-4-6-8-10)11(14)15-12(17)16(13)2/h4-8H,3,9H2,1-2H3,(H2,14,15,17). The minimum absolute atomic E-state index is 0.187. The Balaban J connectivity index is 2.32. The van der Waals surface area contributed by atoms with Crippen LogP contribution in [0.2, 0.25) is 0 Å². The second-order valence-electron chi connectivity index (χ2n) is 4.41. The normalized spacial score (nSPS) is 24.0. The molecule has 1 aromatic rings. The van der Waals surface area contributed by atoms with Crippen LogP contribution in [0, 0.1) is 5.41 Å². The predicted molar refractivity (Wildman–Crippen MR) is 67.2 cm³/mol. The maximum absolute atomic E-state index is 11.6. The van der Waals surface area contributed by atoms with Crippen LogP contribution in [-0.4, -0.2) is 29.4 Å². The molecule has 90 valence electrons. The minimum Gasteiger partial charge on any atom is -0.314 e. The molecule has 0 radical (unpaired) electrons. The molecule has 0 aliphatic carbocycles. The Bertz CT molecular complexity index is 443. The SMILES string of the molecule is CCC1(Cc2ccccc2)C(=N)NC(=O)N1C. The molecular formula is C13H17N3O. The van der Waals surface area contributed by atoms with Crippen molar-refractivity contribution in [2.45, 2.75) is 25.3 Å². The van der Waals surface area contributed by atoms with Gasteiger partial charge in [-0.25, -0.2) is 4.79 Å². The number of carbonyl (C=O) groups is 1. The fourth-order valence-electron chi connectivity index (χ4n) is 2.35. The van der Waals surface area contributed by atoms with Gasteiger partial charge in [0.05, 0.1) is 0 Å². The summed E-state index contributed by atoms with van der Waals surface area (Å²) in [4.78, 5) is 13.3. The van der Waals surface area contributed by atoms with E-state index >= 15 is 0 Å². The number of nitrogens with one attached hydrogen (secondary N) is 2. The zero-order valence-corrected chi connectivity index (χ0v) is 10.2. The first-order chi connectivity index (χ1) is 8.10. The molecule has 0 bridgehead atoms. The summed E-state index contributed by atoms with van der Waals surface area (Å²) in [7, 11) is 1.75. The molecule has 2 amide bonds. The number of amides is 2. The van der Waals surface area contributed by atoms with Crippen LogP contribution in [0.4, 0.5) is 4.79 Å². The first-order valence-corrected chi connectivity index (χ1v) is 5.78. The van der Waals surface area contributed by atoms with Gasteiger partial charge in [0.2, 0.25) is 0 Å². The maximum Gasteiger partial charge on any atom is 0.323 e. The molecule has 2 N–H and O–H groups in total. The molecule has 1 fully saturated rings. The molecular weight excluding hydrogens is 214 g/mol. The molecule has 4 nitrogen and oxygen atoms in total. The van der Waals surface area contributed by atoms with Crippen LogP contribution in [0.5, 0.6) is 0 Å². The van der Waals surface area contributed by atoms with Gasteiger partial charge in [-0.3, -0.25) is 10.7 Å². The summed E-state index contributed by atoms with van der Waals surface area (Å²) in [6.45, 7) is 2.01. The quantitative estimate of drug-likeness (QED) is 0.821. The van der Waals surface area contributed by atoms with Crippen molar-refractivity contribution >= 4 is 11.9 Å². The molecule has 17 heavy (non-hydrogen) atoms. The number of rotatable bonds is 3. The Kier molecular flexibility index (Phi) is 2.88. The first kappa shape index (κ1) is 11.6. The third-order valence-corrected chi connectivity index (χ3v) is 3.57. The van der Waals surface area contributed by atoms with E-state index in [0.29, 0.717) is 12.3 Å². The second kappa shape index (κ2) is 4.20. The van der Waals surface area contributed by atoms with E-state index in [1.54, 1.807) is 11.9 Å². The van der Waals surface area contributed by atoms with Gasteiger partial charge in [0.1, 0.15) is 11.4 Å². The van der Waals surface area contributed by atoms with Crippen molar-refractivity contribution in [2.75, 3.05) is 7.05 Å². The maximum atomic E-state index is 11.6. The van der Waals surface area contributed by atoms with Crippen molar-refractivity contribution in [3.63, 3.8) is 0 Å². The van der Waals surface area contributed by atoms with Crippen molar-refractivity contribution < 1.29 is 4.79 Å². The van der Waals surface area contributed by atoms with Crippen LogP contribution in [0.3, 0.4) is 0 Å².